The Morgan fingerprint density at radius 3 is 2.62 bits per heavy atom. The van der Waals surface area contributed by atoms with Gasteiger partial charge in [-0.2, -0.15) is 0 Å². The van der Waals surface area contributed by atoms with Gasteiger partial charge in [-0.1, -0.05) is 25.5 Å². The number of nitrogens with two attached hydrogens (primary N) is 1. The molecule has 4 N–H and O–H groups in total. The van der Waals surface area contributed by atoms with Gasteiger partial charge in [0, 0.05) is 19.0 Å². The lowest BCUT2D eigenvalue weighted by molar-refractivity contribution is -0.122. The molecule has 2 unspecified atom stereocenters. The summed E-state index contributed by atoms with van der Waals surface area (Å²) in [7, 11) is 0. The molecule has 116 valence electrons. The van der Waals surface area contributed by atoms with Gasteiger partial charge in [0.2, 0.25) is 11.8 Å². The highest BCUT2D eigenvalue weighted by Crippen LogP contribution is 2.18. The highest BCUT2D eigenvalue weighted by molar-refractivity contribution is 5.88. The van der Waals surface area contributed by atoms with E-state index in [-0.39, 0.29) is 23.8 Å². The Kier molecular flexibility index (Phi) is 6.88. The lowest BCUT2D eigenvalue weighted by atomic mass is 10.0. The van der Waals surface area contributed by atoms with E-state index in [4.69, 9.17) is 5.73 Å². The minimum absolute atomic E-state index is 0.00438. The van der Waals surface area contributed by atoms with Crippen LogP contribution in [0.15, 0.2) is 24.3 Å². The van der Waals surface area contributed by atoms with Crippen molar-refractivity contribution in [3.63, 3.8) is 0 Å². The summed E-state index contributed by atoms with van der Waals surface area (Å²) in [6, 6.07) is 7.36. The lowest BCUT2D eigenvalue weighted by Gasteiger charge is -2.18. The third-order valence-electron chi connectivity index (χ3n) is 3.47. The molecule has 2 amide bonds. The van der Waals surface area contributed by atoms with Crippen molar-refractivity contribution in [2.24, 2.45) is 11.7 Å². The first-order valence-electron chi connectivity index (χ1n) is 7.33. The second kappa shape index (κ2) is 8.42. The van der Waals surface area contributed by atoms with Crippen LogP contribution in [-0.2, 0) is 9.59 Å². The van der Waals surface area contributed by atoms with Gasteiger partial charge in [0.05, 0.1) is 6.04 Å². The van der Waals surface area contributed by atoms with Crippen LogP contribution in [0.3, 0.4) is 0 Å². The standard InChI is InChI=1S/C16H25N3O2/c1-4-13(10-17)8-16(21)18-11(2)14-6-5-7-15(9-14)19-12(3)20/h5-7,9,11,13H,4,8,10,17H2,1-3H3,(H,18,21)(H,19,20). The number of anilines is 1. The molecule has 0 fully saturated rings. The maximum Gasteiger partial charge on any atom is 0.221 e. The minimum Gasteiger partial charge on any atom is -0.350 e. The molecule has 0 saturated heterocycles. The van der Waals surface area contributed by atoms with Crippen molar-refractivity contribution in [2.75, 3.05) is 11.9 Å². The van der Waals surface area contributed by atoms with E-state index in [0.717, 1.165) is 17.7 Å². The normalized spacial score (nSPS) is 13.3. The van der Waals surface area contributed by atoms with Gasteiger partial charge in [0.25, 0.3) is 0 Å². The highest BCUT2D eigenvalue weighted by atomic mass is 16.2. The molecule has 21 heavy (non-hydrogen) atoms. The number of benzene rings is 1. The van der Waals surface area contributed by atoms with E-state index in [1.165, 1.54) is 6.92 Å². The van der Waals surface area contributed by atoms with E-state index in [2.05, 4.69) is 10.6 Å². The van der Waals surface area contributed by atoms with Crippen LogP contribution in [-0.4, -0.2) is 18.4 Å². The van der Waals surface area contributed by atoms with E-state index in [1.807, 2.05) is 38.1 Å². The maximum atomic E-state index is 12.0. The topological polar surface area (TPSA) is 84.2 Å². The monoisotopic (exact) mass is 291 g/mol. The number of amides is 2. The molecular weight excluding hydrogens is 266 g/mol. The average molecular weight is 291 g/mol. The van der Waals surface area contributed by atoms with Crippen molar-refractivity contribution >= 4 is 17.5 Å². The zero-order chi connectivity index (χ0) is 15.8. The second-order valence-electron chi connectivity index (χ2n) is 5.31. The quantitative estimate of drug-likeness (QED) is 0.720. The second-order valence-corrected chi connectivity index (χ2v) is 5.31. The van der Waals surface area contributed by atoms with Gasteiger partial charge < -0.3 is 16.4 Å². The molecule has 2 atom stereocenters. The first-order valence-corrected chi connectivity index (χ1v) is 7.33. The van der Waals surface area contributed by atoms with Crippen LogP contribution >= 0.6 is 0 Å². The third kappa shape index (κ3) is 5.95. The summed E-state index contributed by atoms with van der Waals surface area (Å²) < 4.78 is 0. The SMILES string of the molecule is CCC(CN)CC(=O)NC(C)c1cccc(NC(C)=O)c1. The molecule has 0 radical (unpaired) electrons. The zero-order valence-corrected chi connectivity index (χ0v) is 13.0. The number of rotatable bonds is 7. The summed E-state index contributed by atoms with van der Waals surface area (Å²) in [5, 5.41) is 5.70. The molecule has 0 bridgehead atoms. The van der Waals surface area contributed by atoms with E-state index >= 15 is 0 Å². The largest absolute Gasteiger partial charge is 0.350 e. The fourth-order valence-corrected chi connectivity index (χ4v) is 2.13. The Morgan fingerprint density at radius 1 is 1.33 bits per heavy atom. The summed E-state index contributed by atoms with van der Waals surface area (Å²) in [6.07, 6.45) is 1.35. The van der Waals surface area contributed by atoms with Crippen molar-refractivity contribution in [2.45, 2.75) is 39.7 Å². The molecule has 0 aliphatic heterocycles. The molecule has 1 aromatic rings. The van der Waals surface area contributed by atoms with Crippen molar-refractivity contribution in [1.29, 1.82) is 0 Å². The van der Waals surface area contributed by atoms with E-state index < -0.39 is 0 Å². The molecule has 1 rings (SSSR count). The molecule has 5 heteroatoms. The Morgan fingerprint density at radius 2 is 2.05 bits per heavy atom. The van der Waals surface area contributed by atoms with E-state index in [1.54, 1.807) is 0 Å². The van der Waals surface area contributed by atoms with Crippen molar-refractivity contribution in [3.8, 4) is 0 Å². The van der Waals surface area contributed by atoms with Gasteiger partial charge in [-0.05, 0) is 37.1 Å². The molecule has 0 saturated carbocycles. The van der Waals surface area contributed by atoms with Crippen LogP contribution in [0, 0.1) is 5.92 Å². The van der Waals surface area contributed by atoms with Crippen LogP contribution in [0.2, 0.25) is 0 Å². The molecule has 0 aliphatic carbocycles. The van der Waals surface area contributed by atoms with Crippen LogP contribution in [0.1, 0.15) is 45.2 Å². The molecule has 1 aromatic carbocycles. The number of hydrogen-bond donors (Lipinski definition) is 3. The van der Waals surface area contributed by atoms with Crippen LogP contribution in [0.25, 0.3) is 0 Å². The van der Waals surface area contributed by atoms with Gasteiger partial charge in [0.15, 0.2) is 0 Å². The predicted molar refractivity (Wildman–Crippen MR) is 84.8 cm³/mol. The summed E-state index contributed by atoms with van der Waals surface area (Å²) in [5.41, 5.74) is 7.30. The smallest absolute Gasteiger partial charge is 0.221 e. The Bertz CT molecular complexity index is 484. The minimum atomic E-state index is -0.113. The fraction of sp³-hybridized carbons (Fsp3) is 0.500. The molecule has 0 spiro atoms. The molecule has 5 nitrogen and oxygen atoms in total. The molecule has 0 heterocycles. The number of nitrogens with one attached hydrogen (secondary N) is 2. The van der Waals surface area contributed by atoms with Crippen LogP contribution in [0.5, 0.6) is 0 Å². The maximum absolute atomic E-state index is 12.0. The van der Waals surface area contributed by atoms with Crippen molar-refractivity contribution in [1.82, 2.24) is 5.32 Å². The Balaban J connectivity index is 2.64. The summed E-state index contributed by atoms with van der Waals surface area (Å²) in [5.74, 6) is 0.116. The third-order valence-corrected chi connectivity index (χ3v) is 3.47. The van der Waals surface area contributed by atoms with Crippen LogP contribution < -0.4 is 16.4 Å². The predicted octanol–water partition coefficient (Wildman–Crippen LogP) is 2.20. The van der Waals surface area contributed by atoms with E-state index in [9.17, 15) is 9.59 Å². The molecule has 0 aliphatic rings. The zero-order valence-electron chi connectivity index (χ0n) is 13.0. The van der Waals surface area contributed by atoms with Crippen molar-refractivity contribution < 1.29 is 9.59 Å². The van der Waals surface area contributed by atoms with Gasteiger partial charge in [-0.25, -0.2) is 0 Å². The lowest BCUT2D eigenvalue weighted by Crippen LogP contribution is -2.30. The summed E-state index contributed by atoms with van der Waals surface area (Å²) in [4.78, 5) is 23.0. The molecule has 0 aromatic heterocycles. The van der Waals surface area contributed by atoms with Crippen LogP contribution in [0.4, 0.5) is 5.69 Å². The van der Waals surface area contributed by atoms with Gasteiger partial charge >= 0.3 is 0 Å². The average Bonchev–Trinajstić information content (AvgIpc) is 2.44. The first-order chi connectivity index (χ1) is 9.96. The van der Waals surface area contributed by atoms with Crippen molar-refractivity contribution in [3.05, 3.63) is 29.8 Å². The number of hydrogen-bond acceptors (Lipinski definition) is 3. The highest BCUT2D eigenvalue weighted by Gasteiger charge is 2.14. The first kappa shape index (κ1) is 17.2. The Hall–Kier alpha value is -1.88. The number of carbonyl (C=O) groups excluding carboxylic acids is 2. The summed E-state index contributed by atoms with van der Waals surface area (Å²) >= 11 is 0. The molecular formula is C16H25N3O2. The van der Waals surface area contributed by atoms with Gasteiger partial charge in [-0.15, -0.1) is 0 Å². The van der Waals surface area contributed by atoms with Gasteiger partial charge in [0.1, 0.15) is 0 Å². The fourth-order valence-electron chi connectivity index (χ4n) is 2.13. The van der Waals surface area contributed by atoms with E-state index in [0.29, 0.717) is 13.0 Å². The summed E-state index contributed by atoms with van der Waals surface area (Å²) in [6.45, 7) is 5.95. The Labute approximate surface area is 126 Å². The number of carbonyl (C=O) groups is 2. The van der Waals surface area contributed by atoms with Gasteiger partial charge in [-0.3, -0.25) is 9.59 Å².